The van der Waals surface area contributed by atoms with Crippen molar-refractivity contribution in [1.82, 2.24) is 14.5 Å². The van der Waals surface area contributed by atoms with Gasteiger partial charge in [-0.2, -0.15) is 0 Å². The summed E-state index contributed by atoms with van der Waals surface area (Å²) in [7, 11) is 2.00. The van der Waals surface area contributed by atoms with E-state index in [1.165, 1.54) is 0 Å². The Balaban J connectivity index is 1.81. The molecule has 96 valence electrons. The summed E-state index contributed by atoms with van der Waals surface area (Å²) in [5.74, 6) is 1.73. The first-order chi connectivity index (χ1) is 8.79. The molecule has 0 radical (unpaired) electrons. The average Bonchev–Trinajstić information content (AvgIpc) is 2.78. The number of imidazole rings is 1. The van der Waals surface area contributed by atoms with Gasteiger partial charge in [-0.25, -0.2) is 9.97 Å². The van der Waals surface area contributed by atoms with Crippen molar-refractivity contribution >= 4 is 5.69 Å². The van der Waals surface area contributed by atoms with Crippen LogP contribution in [0.25, 0.3) is 0 Å². The van der Waals surface area contributed by atoms with Gasteiger partial charge in [-0.1, -0.05) is 0 Å². The second-order valence-electron chi connectivity index (χ2n) is 3.95. The fourth-order valence-corrected chi connectivity index (χ4v) is 1.67. The molecule has 0 aliphatic carbocycles. The fraction of sp³-hybridized carbons (Fsp3) is 0.385. The second-order valence-corrected chi connectivity index (χ2v) is 3.95. The lowest BCUT2D eigenvalue weighted by molar-refractivity contribution is 0.327. The van der Waals surface area contributed by atoms with Crippen LogP contribution < -0.4 is 10.1 Å². The summed E-state index contributed by atoms with van der Waals surface area (Å²) in [5.41, 5.74) is 0.993. The van der Waals surface area contributed by atoms with Crippen molar-refractivity contribution in [3.63, 3.8) is 0 Å². The Morgan fingerprint density at radius 3 is 2.83 bits per heavy atom. The Labute approximate surface area is 107 Å². The molecule has 2 aromatic rings. The summed E-state index contributed by atoms with van der Waals surface area (Å²) in [6.45, 7) is 3.42. The maximum Gasteiger partial charge on any atom is 0.213 e. The molecule has 2 heterocycles. The smallest absolute Gasteiger partial charge is 0.213 e. The molecule has 0 unspecified atom stereocenters. The molecule has 1 N–H and O–H groups in total. The summed E-state index contributed by atoms with van der Waals surface area (Å²) in [6, 6.07) is 3.84. The highest BCUT2D eigenvalue weighted by molar-refractivity contribution is 5.41. The fourth-order valence-electron chi connectivity index (χ4n) is 1.67. The molecule has 2 aromatic heterocycles. The van der Waals surface area contributed by atoms with Gasteiger partial charge in [0.1, 0.15) is 5.82 Å². The first-order valence-corrected chi connectivity index (χ1v) is 6.08. The zero-order valence-electron chi connectivity index (χ0n) is 10.8. The van der Waals surface area contributed by atoms with E-state index in [-0.39, 0.29) is 0 Å². The van der Waals surface area contributed by atoms with Crippen molar-refractivity contribution in [3.05, 3.63) is 36.5 Å². The summed E-state index contributed by atoms with van der Waals surface area (Å²) in [4.78, 5) is 8.47. The second kappa shape index (κ2) is 6.05. The number of nitrogens with zero attached hydrogens (tertiary/aromatic N) is 3. The van der Waals surface area contributed by atoms with Crippen LogP contribution in [0.2, 0.25) is 0 Å². The highest BCUT2D eigenvalue weighted by Gasteiger charge is 1.99. The lowest BCUT2D eigenvalue weighted by Gasteiger charge is -2.07. The minimum absolute atomic E-state index is 0.638. The number of ether oxygens (including phenoxy) is 1. The number of rotatable bonds is 6. The molecule has 0 atom stereocenters. The van der Waals surface area contributed by atoms with Gasteiger partial charge in [-0.05, 0) is 13.0 Å². The van der Waals surface area contributed by atoms with Crippen molar-refractivity contribution in [3.8, 4) is 5.88 Å². The van der Waals surface area contributed by atoms with Crippen LogP contribution in [0.15, 0.2) is 30.7 Å². The van der Waals surface area contributed by atoms with Crippen LogP contribution in [0.1, 0.15) is 12.7 Å². The Hall–Kier alpha value is -2.04. The van der Waals surface area contributed by atoms with Crippen molar-refractivity contribution in [2.24, 2.45) is 7.05 Å². The molecule has 0 spiro atoms. The summed E-state index contributed by atoms with van der Waals surface area (Å²) in [6.07, 6.45) is 6.43. The van der Waals surface area contributed by atoms with E-state index in [1.54, 1.807) is 6.20 Å². The molecule has 0 fully saturated rings. The average molecular weight is 246 g/mol. The molecule has 0 aromatic carbocycles. The van der Waals surface area contributed by atoms with Crippen LogP contribution in [0.3, 0.4) is 0 Å². The number of pyridine rings is 1. The Morgan fingerprint density at radius 2 is 2.22 bits per heavy atom. The molecule has 0 aliphatic heterocycles. The van der Waals surface area contributed by atoms with E-state index in [9.17, 15) is 0 Å². The standard InChI is InChI=1S/C13H18N4O/c1-3-18-13-5-4-11(10-16-13)14-7-6-12-15-8-9-17(12)2/h4-5,8-10,14H,3,6-7H2,1-2H3. The third-order valence-electron chi connectivity index (χ3n) is 2.63. The molecule has 0 aliphatic rings. The van der Waals surface area contributed by atoms with E-state index in [0.29, 0.717) is 12.5 Å². The predicted molar refractivity (Wildman–Crippen MR) is 70.8 cm³/mol. The number of nitrogens with one attached hydrogen (secondary N) is 1. The molecule has 0 saturated carbocycles. The van der Waals surface area contributed by atoms with Gasteiger partial charge in [0.2, 0.25) is 5.88 Å². The topological polar surface area (TPSA) is 52.0 Å². The van der Waals surface area contributed by atoms with Crippen molar-refractivity contribution in [2.75, 3.05) is 18.5 Å². The molecule has 18 heavy (non-hydrogen) atoms. The van der Waals surface area contributed by atoms with E-state index in [4.69, 9.17) is 4.74 Å². The quantitative estimate of drug-likeness (QED) is 0.845. The van der Waals surface area contributed by atoms with Crippen LogP contribution in [0.5, 0.6) is 5.88 Å². The van der Waals surface area contributed by atoms with Crippen LogP contribution in [0.4, 0.5) is 5.69 Å². The van der Waals surface area contributed by atoms with Crippen molar-refractivity contribution < 1.29 is 4.74 Å². The van der Waals surface area contributed by atoms with Gasteiger partial charge in [0.15, 0.2) is 0 Å². The zero-order valence-corrected chi connectivity index (χ0v) is 10.8. The molecular weight excluding hydrogens is 228 g/mol. The van der Waals surface area contributed by atoms with Gasteiger partial charge in [-0.3, -0.25) is 0 Å². The third-order valence-corrected chi connectivity index (χ3v) is 2.63. The maximum absolute atomic E-state index is 5.29. The summed E-state index contributed by atoms with van der Waals surface area (Å²) < 4.78 is 7.31. The molecule has 5 heteroatoms. The molecule has 0 amide bonds. The van der Waals surface area contributed by atoms with E-state index < -0.39 is 0 Å². The normalized spacial score (nSPS) is 10.3. The minimum Gasteiger partial charge on any atom is -0.478 e. The number of hydrogen-bond acceptors (Lipinski definition) is 4. The van der Waals surface area contributed by atoms with Crippen LogP contribution in [-0.2, 0) is 13.5 Å². The van der Waals surface area contributed by atoms with Gasteiger partial charge in [0.05, 0.1) is 18.5 Å². The van der Waals surface area contributed by atoms with E-state index in [1.807, 2.05) is 43.1 Å². The number of anilines is 1. The predicted octanol–water partition coefficient (Wildman–Crippen LogP) is 1.87. The highest BCUT2D eigenvalue weighted by atomic mass is 16.5. The van der Waals surface area contributed by atoms with Gasteiger partial charge in [-0.15, -0.1) is 0 Å². The minimum atomic E-state index is 0.638. The molecular formula is C13H18N4O. The Bertz CT molecular complexity index is 478. The van der Waals surface area contributed by atoms with Gasteiger partial charge in [0, 0.05) is 38.5 Å². The number of hydrogen-bond donors (Lipinski definition) is 1. The first-order valence-electron chi connectivity index (χ1n) is 6.08. The van der Waals surface area contributed by atoms with Crippen molar-refractivity contribution in [1.29, 1.82) is 0 Å². The molecule has 0 saturated heterocycles. The van der Waals surface area contributed by atoms with Gasteiger partial charge in [0.25, 0.3) is 0 Å². The van der Waals surface area contributed by atoms with Crippen LogP contribution in [-0.4, -0.2) is 27.7 Å². The molecule has 2 rings (SSSR count). The summed E-state index contributed by atoms with van der Waals surface area (Å²) >= 11 is 0. The van der Waals surface area contributed by atoms with Gasteiger partial charge < -0.3 is 14.6 Å². The third kappa shape index (κ3) is 3.23. The van der Waals surface area contributed by atoms with Crippen molar-refractivity contribution in [2.45, 2.75) is 13.3 Å². The molecule has 0 bridgehead atoms. The van der Waals surface area contributed by atoms with Crippen LogP contribution in [0, 0.1) is 0 Å². The van der Waals surface area contributed by atoms with E-state index in [2.05, 4.69) is 15.3 Å². The van der Waals surface area contributed by atoms with E-state index >= 15 is 0 Å². The highest BCUT2D eigenvalue weighted by Crippen LogP contribution is 2.11. The zero-order chi connectivity index (χ0) is 12.8. The number of aryl methyl sites for hydroxylation is 1. The Morgan fingerprint density at radius 1 is 1.33 bits per heavy atom. The van der Waals surface area contributed by atoms with E-state index in [0.717, 1.165) is 24.5 Å². The number of aromatic nitrogens is 3. The SMILES string of the molecule is CCOc1ccc(NCCc2nccn2C)cn1. The monoisotopic (exact) mass is 246 g/mol. The van der Waals surface area contributed by atoms with Gasteiger partial charge >= 0.3 is 0 Å². The molecule has 5 nitrogen and oxygen atoms in total. The maximum atomic E-state index is 5.29. The largest absolute Gasteiger partial charge is 0.478 e. The van der Waals surface area contributed by atoms with Crippen LogP contribution >= 0.6 is 0 Å². The Kier molecular flexibility index (Phi) is 4.17. The summed E-state index contributed by atoms with van der Waals surface area (Å²) in [5, 5.41) is 3.31. The lowest BCUT2D eigenvalue weighted by Crippen LogP contribution is -2.08. The lowest BCUT2D eigenvalue weighted by atomic mass is 10.3. The first kappa shape index (κ1) is 12.4.